The van der Waals surface area contributed by atoms with Gasteiger partial charge in [-0.05, 0) is 24.6 Å². The second-order valence-corrected chi connectivity index (χ2v) is 4.28. The Hall–Kier alpha value is -2.04. The first-order valence-corrected chi connectivity index (χ1v) is 6.03. The van der Waals surface area contributed by atoms with E-state index >= 15 is 0 Å². The molecule has 0 heterocycles. The molecule has 0 fully saturated rings. The third-order valence-corrected chi connectivity index (χ3v) is 2.83. The Morgan fingerprint density at radius 1 is 1.00 bits per heavy atom. The number of aryl methyl sites for hydroxylation is 1. The quantitative estimate of drug-likeness (QED) is 0.794. The van der Waals surface area contributed by atoms with E-state index in [1.165, 1.54) is 5.56 Å². The molecule has 0 saturated heterocycles. The summed E-state index contributed by atoms with van der Waals surface area (Å²) in [4.78, 5) is 0. The minimum absolute atomic E-state index is 0.0445. The molecule has 2 rings (SSSR count). The Morgan fingerprint density at radius 3 is 2.28 bits per heavy atom. The summed E-state index contributed by atoms with van der Waals surface area (Å²) in [5.74, 6) is 6.10. The summed E-state index contributed by atoms with van der Waals surface area (Å²) in [6.07, 6.45) is 0. The van der Waals surface area contributed by atoms with Gasteiger partial charge >= 0.3 is 0 Å². The third-order valence-electron chi connectivity index (χ3n) is 2.83. The first-order valence-electron chi connectivity index (χ1n) is 6.03. The van der Waals surface area contributed by atoms with Crippen LogP contribution in [0.4, 0.5) is 0 Å². The Balaban J connectivity index is 2.20. The molecule has 1 nitrogen and oxygen atoms in total. The Bertz CT molecular complexity index is 544. The van der Waals surface area contributed by atoms with Crippen molar-refractivity contribution >= 4 is 0 Å². The van der Waals surface area contributed by atoms with Gasteiger partial charge in [0.15, 0.2) is 0 Å². The van der Waals surface area contributed by atoms with E-state index in [1.807, 2.05) is 61.5 Å². The predicted molar refractivity (Wildman–Crippen MR) is 74.3 cm³/mol. The highest BCUT2D eigenvalue weighted by atomic mass is 16.3. The molecule has 1 unspecified atom stereocenters. The zero-order valence-corrected chi connectivity index (χ0v) is 10.4. The second kappa shape index (κ2) is 6.05. The topological polar surface area (TPSA) is 20.2 Å². The summed E-state index contributed by atoms with van der Waals surface area (Å²) >= 11 is 0. The molecule has 0 radical (unpaired) electrons. The van der Waals surface area contributed by atoms with Crippen LogP contribution in [0.25, 0.3) is 0 Å². The molecular formula is C17H16O. The molecule has 0 spiro atoms. The van der Waals surface area contributed by atoms with Gasteiger partial charge in [-0.25, -0.2) is 0 Å². The number of hydrogen-bond acceptors (Lipinski definition) is 1. The van der Waals surface area contributed by atoms with Gasteiger partial charge < -0.3 is 5.11 Å². The molecule has 1 atom stereocenters. The maximum Gasteiger partial charge on any atom is 0.0687 e. The fraction of sp³-hybridized carbons (Fsp3) is 0.176. The molecule has 0 aliphatic rings. The second-order valence-electron chi connectivity index (χ2n) is 4.28. The van der Waals surface area contributed by atoms with E-state index in [0.29, 0.717) is 0 Å². The zero-order valence-electron chi connectivity index (χ0n) is 10.4. The van der Waals surface area contributed by atoms with Gasteiger partial charge in [0.25, 0.3) is 0 Å². The van der Waals surface area contributed by atoms with Crippen LogP contribution in [-0.4, -0.2) is 11.7 Å². The molecule has 0 bridgehead atoms. The number of rotatable bonds is 2. The average molecular weight is 236 g/mol. The van der Waals surface area contributed by atoms with Crippen LogP contribution < -0.4 is 0 Å². The largest absolute Gasteiger partial charge is 0.395 e. The summed E-state index contributed by atoms with van der Waals surface area (Å²) in [5, 5.41) is 9.42. The normalized spacial score (nSPS) is 11.4. The molecule has 2 aromatic carbocycles. The smallest absolute Gasteiger partial charge is 0.0687 e. The molecule has 0 aliphatic heterocycles. The standard InChI is InChI=1S/C17H16O/c1-14-7-10-16(11-8-14)17(13-18)12-9-15-5-3-2-4-6-15/h2-8,10-11,17-18H,13H2,1H3. The number of aliphatic hydroxyl groups is 1. The zero-order chi connectivity index (χ0) is 12.8. The first-order chi connectivity index (χ1) is 8.79. The van der Waals surface area contributed by atoms with E-state index in [4.69, 9.17) is 0 Å². The molecule has 0 amide bonds. The average Bonchev–Trinajstić information content (AvgIpc) is 2.42. The van der Waals surface area contributed by atoms with Gasteiger partial charge in [0.2, 0.25) is 0 Å². The van der Waals surface area contributed by atoms with Crippen LogP contribution in [-0.2, 0) is 0 Å². The third kappa shape index (κ3) is 3.23. The monoisotopic (exact) mass is 236 g/mol. The molecule has 1 N–H and O–H groups in total. The van der Waals surface area contributed by atoms with Gasteiger partial charge in [0, 0.05) is 5.56 Å². The lowest BCUT2D eigenvalue weighted by Crippen LogP contribution is -2.01. The summed E-state index contributed by atoms with van der Waals surface area (Å²) in [7, 11) is 0. The van der Waals surface area contributed by atoms with Crippen molar-refractivity contribution in [3.05, 3.63) is 71.3 Å². The highest BCUT2D eigenvalue weighted by molar-refractivity contribution is 5.38. The number of benzene rings is 2. The van der Waals surface area contributed by atoms with Crippen molar-refractivity contribution in [2.45, 2.75) is 12.8 Å². The van der Waals surface area contributed by atoms with Gasteiger partial charge in [0.05, 0.1) is 12.5 Å². The number of aliphatic hydroxyl groups excluding tert-OH is 1. The maximum atomic E-state index is 9.42. The lowest BCUT2D eigenvalue weighted by molar-refractivity contribution is 0.286. The van der Waals surface area contributed by atoms with Gasteiger partial charge in [-0.15, -0.1) is 0 Å². The van der Waals surface area contributed by atoms with Gasteiger partial charge in [-0.1, -0.05) is 59.9 Å². The van der Waals surface area contributed by atoms with Crippen molar-refractivity contribution in [1.82, 2.24) is 0 Å². The maximum absolute atomic E-state index is 9.42. The van der Waals surface area contributed by atoms with Gasteiger partial charge in [-0.3, -0.25) is 0 Å². The van der Waals surface area contributed by atoms with E-state index in [-0.39, 0.29) is 12.5 Å². The van der Waals surface area contributed by atoms with Crippen LogP contribution in [0.1, 0.15) is 22.6 Å². The van der Waals surface area contributed by atoms with Crippen LogP contribution in [0, 0.1) is 18.8 Å². The highest BCUT2D eigenvalue weighted by Crippen LogP contribution is 2.15. The Kier molecular flexibility index (Phi) is 4.17. The minimum Gasteiger partial charge on any atom is -0.395 e. The van der Waals surface area contributed by atoms with E-state index in [0.717, 1.165) is 11.1 Å². The SMILES string of the molecule is Cc1ccc(C(C#Cc2ccccc2)CO)cc1. The molecule has 1 heteroatoms. The Labute approximate surface area is 108 Å². The Morgan fingerprint density at radius 2 is 1.67 bits per heavy atom. The van der Waals surface area contributed by atoms with Crippen molar-refractivity contribution in [3.8, 4) is 11.8 Å². The molecule has 0 saturated carbocycles. The van der Waals surface area contributed by atoms with Crippen molar-refractivity contribution in [2.24, 2.45) is 0 Å². The lowest BCUT2D eigenvalue weighted by Gasteiger charge is -2.07. The summed E-state index contributed by atoms with van der Waals surface area (Å²) in [6, 6.07) is 18.0. The van der Waals surface area contributed by atoms with E-state index in [1.54, 1.807) is 0 Å². The fourth-order valence-electron chi connectivity index (χ4n) is 1.73. The van der Waals surface area contributed by atoms with Crippen molar-refractivity contribution < 1.29 is 5.11 Å². The molecule has 18 heavy (non-hydrogen) atoms. The van der Waals surface area contributed by atoms with Crippen molar-refractivity contribution in [2.75, 3.05) is 6.61 Å². The van der Waals surface area contributed by atoms with E-state index < -0.39 is 0 Å². The molecule has 90 valence electrons. The van der Waals surface area contributed by atoms with Crippen LogP contribution in [0.2, 0.25) is 0 Å². The van der Waals surface area contributed by atoms with Gasteiger partial charge in [-0.2, -0.15) is 0 Å². The number of hydrogen-bond donors (Lipinski definition) is 1. The summed E-state index contributed by atoms with van der Waals surface area (Å²) in [5.41, 5.74) is 3.25. The van der Waals surface area contributed by atoms with Crippen molar-refractivity contribution in [1.29, 1.82) is 0 Å². The first kappa shape index (κ1) is 12.4. The van der Waals surface area contributed by atoms with Crippen LogP contribution in [0.3, 0.4) is 0 Å². The molecule has 0 aliphatic carbocycles. The van der Waals surface area contributed by atoms with Crippen LogP contribution >= 0.6 is 0 Å². The highest BCUT2D eigenvalue weighted by Gasteiger charge is 2.05. The van der Waals surface area contributed by atoms with E-state index in [2.05, 4.69) is 11.8 Å². The van der Waals surface area contributed by atoms with Gasteiger partial charge in [0.1, 0.15) is 0 Å². The molecule has 0 aromatic heterocycles. The summed E-state index contributed by atoms with van der Waals surface area (Å²) < 4.78 is 0. The summed E-state index contributed by atoms with van der Waals surface area (Å²) in [6.45, 7) is 2.09. The lowest BCUT2D eigenvalue weighted by atomic mass is 9.99. The molecule has 2 aromatic rings. The van der Waals surface area contributed by atoms with E-state index in [9.17, 15) is 5.11 Å². The van der Waals surface area contributed by atoms with Crippen LogP contribution in [0.15, 0.2) is 54.6 Å². The predicted octanol–water partition coefficient (Wildman–Crippen LogP) is 3.12. The fourth-order valence-corrected chi connectivity index (χ4v) is 1.73. The van der Waals surface area contributed by atoms with Crippen molar-refractivity contribution in [3.63, 3.8) is 0 Å². The minimum atomic E-state index is -0.120. The molecular weight excluding hydrogens is 220 g/mol. The van der Waals surface area contributed by atoms with Crippen LogP contribution in [0.5, 0.6) is 0 Å².